The first-order valence-corrected chi connectivity index (χ1v) is 10.8. The number of hydrogen-bond acceptors (Lipinski definition) is 2. The summed E-state index contributed by atoms with van der Waals surface area (Å²) in [5.41, 5.74) is 11.9. The summed E-state index contributed by atoms with van der Waals surface area (Å²) < 4.78 is 12.8. The fourth-order valence-electron chi connectivity index (χ4n) is 3.93. The van der Waals surface area contributed by atoms with Crippen molar-refractivity contribution in [3.05, 3.63) is 76.9 Å². The highest BCUT2D eigenvalue weighted by molar-refractivity contribution is 5.85. The second-order valence-electron chi connectivity index (χ2n) is 7.88. The van der Waals surface area contributed by atoms with Crippen molar-refractivity contribution >= 4 is 12.3 Å². The molecule has 0 saturated heterocycles. The molecule has 0 radical (unpaired) electrons. The average Bonchev–Trinajstić information content (AvgIpc) is 3.17. The maximum Gasteiger partial charge on any atom is 0.0634 e. The van der Waals surface area contributed by atoms with Crippen LogP contribution >= 0.6 is 0 Å². The van der Waals surface area contributed by atoms with Crippen molar-refractivity contribution in [3.8, 4) is 0 Å². The Morgan fingerprint density at radius 1 is 1.21 bits per heavy atom. The second kappa shape index (κ2) is 13.1. The molecule has 0 fully saturated rings. The smallest absolute Gasteiger partial charge is 0.0634 e. The molecule has 2 rings (SSSR count). The van der Waals surface area contributed by atoms with Crippen LogP contribution in [0.4, 0.5) is 4.48 Å². The van der Waals surface area contributed by atoms with Gasteiger partial charge in [-0.05, 0) is 87.1 Å². The molecule has 0 aliphatic heterocycles. The van der Waals surface area contributed by atoms with E-state index < -0.39 is 0 Å². The van der Waals surface area contributed by atoms with E-state index in [0.29, 0.717) is 0 Å². The van der Waals surface area contributed by atoms with Crippen molar-refractivity contribution < 1.29 is 4.48 Å². The SMILES string of the molecule is C=CCC(CCCCC1=C(CCCN)C=CC1)C(/C=N\F)=C/c1ccc(C)cc1. The molecule has 29 heavy (non-hydrogen) atoms. The van der Waals surface area contributed by atoms with Crippen LogP contribution in [0.3, 0.4) is 0 Å². The zero-order valence-electron chi connectivity index (χ0n) is 17.7. The maximum absolute atomic E-state index is 12.8. The minimum absolute atomic E-state index is 0.237. The van der Waals surface area contributed by atoms with Gasteiger partial charge in [0.1, 0.15) is 0 Å². The normalized spacial score (nSPS) is 15.5. The van der Waals surface area contributed by atoms with Crippen LogP contribution in [0, 0.1) is 12.8 Å². The predicted octanol–water partition coefficient (Wildman–Crippen LogP) is 7.08. The first-order valence-electron chi connectivity index (χ1n) is 10.8. The van der Waals surface area contributed by atoms with E-state index in [1.54, 1.807) is 5.57 Å². The van der Waals surface area contributed by atoms with Crippen LogP contribution in [-0.4, -0.2) is 12.8 Å². The number of nitrogens with zero attached hydrogens (tertiary/aromatic N) is 1. The van der Waals surface area contributed by atoms with Crippen LogP contribution < -0.4 is 5.73 Å². The van der Waals surface area contributed by atoms with Crippen molar-refractivity contribution in [2.75, 3.05) is 6.54 Å². The minimum atomic E-state index is 0.237. The summed E-state index contributed by atoms with van der Waals surface area (Å²) >= 11 is 0. The maximum atomic E-state index is 12.8. The molecule has 0 spiro atoms. The summed E-state index contributed by atoms with van der Waals surface area (Å²) in [7, 11) is 0. The Kier molecular flexibility index (Phi) is 10.4. The minimum Gasteiger partial charge on any atom is -0.330 e. The van der Waals surface area contributed by atoms with E-state index in [4.69, 9.17) is 5.73 Å². The lowest BCUT2D eigenvalue weighted by atomic mass is 9.88. The number of hydrogen-bond donors (Lipinski definition) is 1. The first-order chi connectivity index (χ1) is 14.2. The first kappa shape index (κ1) is 23.0. The van der Waals surface area contributed by atoms with Gasteiger partial charge in [-0.25, -0.2) is 0 Å². The largest absolute Gasteiger partial charge is 0.330 e. The third kappa shape index (κ3) is 7.94. The van der Waals surface area contributed by atoms with E-state index in [1.165, 1.54) is 17.4 Å². The predicted molar refractivity (Wildman–Crippen MR) is 125 cm³/mol. The number of nitrogens with two attached hydrogens (primary N) is 1. The molecule has 2 nitrogen and oxygen atoms in total. The highest BCUT2D eigenvalue weighted by Crippen LogP contribution is 2.29. The lowest BCUT2D eigenvalue weighted by molar-refractivity contribution is 0.524. The zero-order valence-corrected chi connectivity index (χ0v) is 17.7. The lowest BCUT2D eigenvalue weighted by Gasteiger charge is -2.17. The van der Waals surface area contributed by atoms with Gasteiger partial charge >= 0.3 is 0 Å². The van der Waals surface area contributed by atoms with Gasteiger partial charge in [-0.15, -0.1) is 6.58 Å². The Labute approximate surface area is 175 Å². The average molecular weight is 395 g/mol. The van der Waals surface area contributed by atoms with E-state index in [1.807, 2.05) is 12.2 Å². The molecule has 1 aliphatic rings. The van der Waals surface area contributed by atoms with E-state index in [-0.39, 0.29) is 5.92 Å². The van der Waals surface area contributed by atoms with Gasteiger partial charge in [-0.3, -0.25) is 0 Å². The van der Waals surface area contributed by atoms with Crippen LogP contribution in [0.25, 0.3) is 6.08 Å². The molecular formula is C26H35FN2. The van der Waals surface area contributed by atoms with Crippen molar-refractivity contribution in [1.82, 2.24) is 0 Å². The lowest BCUT2D eigenvalue weighted by Crippen LogP contribution is -2.05. The summed E-state index contributed by atoms with van der Waals surface area (Å²) in [6, 6.07) is 8.28. The molecule has 1 atom stereocenters. The van der Waals surface area contributed by atoms with Crippen LogP contribution in [0.1, 0.15) is 62.5 Å². The van der Waals surface area contributed by atoms with Crippen LogP contribution in [-0.2, 0) is 0 Å². The molecule has 156 valence electrons. The van der Waals surface area contributed by atoms with Gasteiger partial charge in [0, 0.05) is 0 Å². The van der Waals surface area contributed by atoms with Gasteiger partial charge in [0.25, 0.3) is 0 Å². The molecule has 1 unspecified atom stereocenters. The third-order valence-corrected chi connectivity index (χ3v) is 5.60. The molecule has 1 aromatic rings. The van der Waals surface area contributed by atoms with Gasteiger partial charge < -0.3 is 5.73 Å². The summed E-state index contributed by atoms with van der Waals surface area (Å²) in [5, 5.41) is 2.83. The number of aryl methyl sites for hydroxylation is 1. The molecule has 0 heterocycles. The van der Waals surface area contributed by atoms with E-state index >= 15 is 0 Å². The standard InChI is InChI=1S/C26H35FN2/c1-3-8-23(26(20-29-27)19-22-16-14-21(2)15-17-22)9-4-5-10-24-11-6-12-25(24)13-7-18-28/h3,6,12,14-17,19-20,23H,1,4-5,7-11,13,18,28H2,2H3/b26-19+,29-20-. The molecule has 1 aliphatic carbocycles. The molecular weight excluding hydrogens is 359 g/mol. The fraction of sp³-hybridized carbons (Fsp3) is 0.423. The number of allylic oxidation sites excluding steroid dienone is 6. The van der Waals surface area contributed by atoms with Gasteiger partial charge in [0.05, 0.1) is 6.21 Å². The van der Waals surface area contributed by atoms with Crippen molar-refractivity contribution in [2.45, 2.75) is 58.3 Å². The monoisotopic (exact) mass is 394 g/mol. The third-order valence-electron chi connectivity index (χ3n) is 5.60. The highest BCUT2D eigenvalue weighted by atomic mass is 19.2. The molecule has 0 saturated carbocycles. The molecule has 1 aromatic carbocycles. The Morgan fingerprint density at radius 3 is 2.69 bits per heavy atom. The van der Waals surface area contributed by atoms with Crippen molar-refractivity contribution in [3.63, 3.8) is 0 Å². The van der Waals surface area contributed by atoms with Gasteiger partial charge in [-0.1, -0.05) is 69.7 Å². The zero-order chi connectivity index (χ0) is 20.9. The van der Waals surface area contributed by atoms with Crippen LogP contribution in [0.15, 0.2) is 71.0 Å². The topological polar surface area (TPSA) is 38.4 Å². The number of benzene rings is 1. The molecule has 0 bridgehead atoms. The van der Waals surface area contributed by atoms with Crippen LogP contribution in [0.5, 0.6) is 0 Å². The summed E-state index contributed by atoms with van der Waals surface area (Å²) in [5.74, 6) is 0.237. The molecule has 2 N–H and O–H groups in total. The molecule has 0 amide bonds. The van der Waals surface area contributed by atoms with Crippen molar-refractivity contribution in [1.29, 1.82) is 0 Å². The molecule has 3 heteroatoms. The Balaban J connectivity index is 1.96. The van der Waals surface area contributed by atoms with Crippen LogP contribution in [0.2, 0.25) is 0 Å². The van der Waals surface area contributed by atoms with Gasteiger partial charge in [0.2, 0.25) is 0 Å². The highest BCUT2D eigenvalue weighted by Gasteiger charge is 2.13. The molecule has 0 aromatic heterocycles. The number of halogens is 1. The van der Waals surface area contributed by atoms with Gasteiger partial charge in [-0.2, -0.15) is 0 Å². The van der Waals surface area contributed by atoms with E-state index in [2.05, 4.69) is 55.1 Å². The summed E-state index contributed by atoms with van der Waals surface area (Å²) in [6.07, 6.45) is 18.3. The Hall–Kier alpha value is -2.26. The number of rotatable bonds is 13. The van der Waals surface area contributed by atoms with E-state index in [9.17, 15) is 4.48 Å². The number of unbranched alkanes of at least 4 members (excludes halogenated alkanes) is 1. The van der Waals surface area contributed by atoms with Gasteiger partial charge in [0.15, 0.2) is 0 Å². The fourth-order valence-corrected chi connectivity index (χ4v) is 3.93. The van der Waals surface area contributed by atoms with E-state index in [0.717, 1.165) is 69.0 Å². The summed E-state index contributed by atoms with van der Waals surface area (Å²) in [6.45, 7) is 6.71. The Morgan fingerprint density at radius 2 is 2.00 bits per heavy atom. The Bertz CT molecular complexity index is 753. The summed E-state index contributed by atoms with van der Waals surface area (Å²) in [4.78, 5) is 0. The quantitative estimate of drug-likeness (QED) is 0.217. The van der Waals surface area contributed by atoms with Crippen molar-refractivity contribution in [2.24, 2.45) is 16.9 Å². The second-order valence-corrected chi connectivity index (χ2v) is 7.88.